The lowest BCUT2D eigenvalue weighted by atomic mass is 9.68. The Kier molecular flexibility index (Phi) is 3.67. The molecule has 2 heterocycles. The Hall–Kier alpha value is -2.25. The van der Waals surface area contributed by atoms with Gasteiger partial charge in [-0.05, 0) is 54.2 Å². The molecule has 8 heteroatoms. The third-order valence-corrected chi connectivity index (χ3v) is 7.60. The summed E-state index contributed by atoms with van der Waals surface area (Å²) >= 11 is 0. The van der Waals surface area contributed by atoms with Gasteiger partial charge in [-0.25, -0.2) is 4.79 Å². The molecule has 1 aromatic carbocycles. The van der Waals surface area contributed by atoms with Crippen LogP contribution in [-0.2, 0) is 15.7 Å². The van der Waals surface area contributed by atoms with E-state index in [0.29, 0.717) is 38.1 Å². The van der Waals surface area contributed by atoms with Crippen LogP contribution >= 0.6 is 0 Å². The second-order valence-corrected chi connectivity index (χ2v) is 9.41. The first-order valence-corrected chi connectivity index (χ1v) is 9.95. The molecular weight excluding hydrogens is 385 g/mol. The van der Waals surface area contributed by atoms with Crippen molar-refractivity contribution in [2.75, 3.05) is 19.7 Å². The summed E-state index contributed by atoms with van der Waals surface area (Å²) in [6.45, 7) is 5.09. The van der Waals surface area contributed by atoms with Gasteiger partial charge in [-0.3, -0.25) is 4.79 Å². The van der Waals surface area contributed by atoms with Crippen molar-refractivity contribution in [3.8, 4) is 0 Å². The number of fused-ring (bicyclic) bond motifs is 1. The van der Waals surface area contributed by atoms with Gasteiger partial charge in [-0.15, -0.1) is 0 Å². The molecule has 5 nitrogen and oxygen atoms in total. The minimum absolute atomic E-state index is 0.0594. The molecule has 3 atom stereocenters. The molecule has 156 valence electrons. The Labute approximate surface area is 166 Å². The number of alkyl halides is 3. The second kappa shape index (κ2) is 5.67. The van der Waals surface area contributed by atoms with E-state index in [4.69, 9.17) is 4.74 Å². The fourth-order valence-electron chi connectivity index (χ4n) is 5.97. The predicted octanol–water partition coefficient (Wildman–Crippen LogP) is 3.46. The lowest BCUT2D eigenvalue weighted by Gasteiger charge is -2.43. The average Bonchev–Trinajstić information content (AvgIpc) is 2.92. The molecule has 0 aromatic heterocycles. The Bertz CT molecular complexity index is 909. The number of cyclic esters (lactones) is 1. The van der Waals surface area contributed by atoms with Crippen molar-refractivity contribution in [3.63, 3.8) is 0 Å². The number of nitrogens with zero attached hydrogens (tertiary/aromatic N) is 1. The van der Waals surface area contributed by atoms with Crippen molar-refractivity contribution in [1.82, 2.24) is 10.2 Å². The number of carbonyl (C=O) groups is 2. The van der Waals surface area contributed by atoms with Crippen molar-refractivity contribution in [3.05, 3.63) is 34.9 Å². The van der Waals surface area contributed by atoms with E-state index in [2.05, 4.69) is 12.2 Å². The molecule has 4 aliphatic rings. The van der Waals surface area contributed by atoms with E-state index in [1.54, 1.807) is 13.0 Å². The number of hydrogen-bond donors (Lipinski definition) is 1. The molecule has 1 aromatic rings. The number of rotatable bonds is 2. The summed E-state index contributed by atoms with van der Waals surface area (Å²) in [4.78, 5) is 26.0. The molecule has 1 spiro atoms. The standard InChI is InChI=1S/C21H23F3N2O3/c1-11-13(4-3-5-14(11)21(22,23)24)16-15-8-26(9-19(15,16)2)17(27)12-6-20(7-12)10-29-18(28)25-20/h3-5,12,15-16H,6-10H2,1-2H3,(H,25,28)/t12?,15-,16-,19-,20?/m0/s1. The normalized spacial score (nSPS) is 37.8. The van der Waals surface area contributed by atoms with Crippen molar-refractivity contribution >= 4 is 12.0 Å². The van der Waals surface area contributed by atoms with E-state index in [1.807, 2.05) is 4.90 Å². The molecule has 2 saturated carbocycles. The van der Waals surface area contributed by atoms with Crippen LogP contribution < -0.4 is 5.32 Å². The molecular formula is C21H23F3N2O3. The number of benzene rings is 1. The summed E-state index contributed by atoms with van der Waals surface area (Å²) in [7, 11) is 0. The Morgan fingerprint density at radius 2 is 2.03 bits per heavy atom. The average molecular weight is 408 g/mol. The van der Waals surface area contributed by atoms with Crippen molar-refractivity contribution in [1.29, 1.82) is 0 Å². The molecule has 2 aliphatic carbocycles. The first-order chi connectivity index (χ1) is 13.5. The van der Waals surface area contributed by atoms with Gasteiger partial charge < -0.3 is 15.0 Å². The van der Waals surface area contributed by atoms with E-state index in [9.17, 15) is 22.8 Å². The molecule has 29 heavy (non-hydrogen) atoms. The van der Waals surface area contributed by atoms with Crippen LogP contribution in [0, 0.1) is 24.2 Å². The first kappa shape index (κ1) is 18.8. The van der Waals surface area contributed by atoms with Crippen LogP contribution in [0.3, 0.4) is 0 Å². The number of hydrogen-bond acceptors (Lipinski definition) is 3. The van der Waals surface area contributed by atoms with Gasteiger partial charge in [-0.2, -0.15) is 13.2 Å². The molecule has 5 rings (SSSR count). The van der Waals surface area contributed by atoms with Gasteiger partial charge in [0.1, 0.15) is 6.61 Å². The maximum Gasteiger partial charge on any atom is 0.416 e. The third kappa shape index (κ3) is 2.67. The number of carbonyl (C=O) groups excluding carboxylic acids is 2. The molecule has 0 radical (unpaired) electrons. The monoisotopic (exact) mass is 408 g/mol. The minimum atomic E-state index is -4.35. The van der Waals surface area contributed by atoms with Gasteiger partial charge in [0.15, 0.2) is 0 Å². The highest BCUT2D eigenvalue weighted by Gasteiger charge is 2.68. The van der Waals surface area contributed by atoms with Crippen LogP contribution in [0.1, 0.15) is 42.4 Å². The molecule has 2 saturated heterocycles. The summed E-state index contributed by atoms with van der Waals surface area (Å²) in [5.41, 5.74) is -0.0698. The van der Waals surface area contributed by atoms with Crippen LogP contribution in [-0.4, -0.2) is 42.1 Å². The van der Waals surface area contributed by atoms with Crippen molar-refractivity contribution in [2.45, 2.75) is 44.3 Å². The molecule has 2 aliphatic heterocycles. The topological polar surface area (TPSA) is 58.6 Å². The number of alkyl carbamates (subject to hydrolysis) is 1. The van der Waals surface area contributed by atoms with E-state index in [1.165, 1.54) is 6.07 Å². The number of likely N-dealkylation sites (tertiary alicyclic amines) is 1. The second-order valence-electron chi connectivity index (χ2n) is 9.41. The van der Waals surface area contributed by atoms with E-state index in [-0.39, 0.29) is 34.6 Å². The highest BCUT2D eigenvalue weighted by Crippen LogP contribution is 2.69. The fourth-order valence-corrected chi connectivity index (χ4v) is 5.97. The highest BCUT2D eigenvalue weighted by molar-refractivity contribution is 5.82. The number of amides is 2. The van der Waals surface area contributed by atoms with Crippen molar-refractivity contribution in [2.24, 2.45) is 17.3 Å². The van der Waals surface area contributed by atoms with Gasteiger partial charge in [0, 0.05) is 19.0 Å². The van der Waals surface area contributed by atoms with Gasteiger partial charge in [0.2, 0.25) is 5.91 Å². The third-order valence-electron chi connectivity index (χ3n) is 7.60. The highest BCUT2D eigenvalue weighted by atomic mass is 19.4. The zero-order chi connectivity index (χ0) is 20.8. The summed E-state index contributed by atoms with van der Waals surface area (Å²) < 4.78 is 44.7. The number of nitrogens with one attached hydrogen (secondary N) is 1. The molecule has 1 N–H and O–H groups in total. The van der Waals surface area contributed by atoms with Crippen LogP contribution in [0.15, 0.2) is 18.2 Å². The first-order valence-electron chi connectivity index (χ1n) is 9.95. The van der Waals surface area contributed by atoms with Crippen LogP contribution in [0.25, 0.3) is 0 Å². The summed E-state index contributed by atoms with van der Waals surface area (Å²) in [5, 5.41) is 2.80. The predicted molar refractivity (Wildman–Crippen MR) is 97.0 cm³/mol. The lowest BCUT2D eigenvalue weighted by molar-refractivity contribution is -0.141. The fraction of sp³-hybridized carbons (Fsp3) is 0.619. The SMILES string of the molecule is Cc1c([C@H]2[C@@H]3CN(C(=O)C4CC5(COC(=O)N5)C4)C[C@@]32C)cccc1C(F)(F)F. The Morgan fingerprint density at radius 3 is 2.59 bits per heavy atom. The minimum Gasteiger partial charge on any atom is -0.447 e. The van der Waals surface area contributed by atoms with Crippen LogP contribution in [0.5, 0.6) is 0 Å². The van der Waals surface area contributed by atoms with E-state index in [0.717, 1.165) is 11.6 Å². The lowest BCUT2D eigenvalue weighted by Crippen LogP contribution is -2.58. The van der Waals surface area contributed by atoms with Gasteiger partial charge in [-0.1, -0.05) is 19.1 Å². The van der Waals surface area contributed by atoms with Crippen LogP contribution in [0.2, 0.25) is 0 Å². The zero-order valence-corrected chi connectivity index (χ0v) is 16.3. The molecule has 0 unspecified atom stereocenters. The summed E-state index contributed by atoms with van der Waals surface area (Å²) in [6, 6.07) is 4.41. The summed E-state index contributed by atoms with van der Waals surface area (Å²) in [5.74, 6) is 0.220. The number of halogens is 3. The van der Waals surface area contributed by atoms with Crippen molar-refractivity contribution < 1.29 is 27.5 Å². The zero-order valence-electron chi connectivity index (χ0n) is 16.3. The van der Waals surface area contributed by atoms with Gasteiger partial charge >= 0.3 is 12.3 Å². The molecule has 4 fully saturated rings. The summed E-state index contributed by atoms with van der Waals surface area (Å²) in [6.07, 6.45) is -3.60. The van der Waals surface area contributed by atoms with E-state index >= 15 is 0 Å². The quantitative estimate of drug-likeness (QED) is 0.815. The Balaban J connectivity index is 1.26. The molecule has 0 bridgehead atoms. The van der Waals surface area contributed by atoms with Gasteiger partial charge in [0.05, 0.1) is 11.1 Å². The number of ether oxygens (including phenoxy) is 1. The van der Waals surface area contributed by atoms with E-state index < -0.39 is 17.8 Å². The van der Waals surface area contributed by atoms with Crippen LogP contribution in [0.4, 0.5) is 18.0 Å². The largest absolute Gasteiger partial charge is 0.447 e. The maximum atomic E-state index is 13.3. The maximum absolute atomic E-state index is 13.3. The molecule has 2 amide bonds. The smallest absolute Gasteiger partial charge is 0.416 e. The Morgan fingerprint density at radius 1 is 1.31 bits per heavy atom. The van der Waals surface area contributed by atoms with Gasteiger partial charge in [0.25, 0.3) is 0 Å². The number of piperidine rings is 1.